The molecule has 0 unspecified atom stereocenters. The third-order valence-corrected chi connectivity index (χ3v) is 12.8. The number of benzene rings is 6. The summed E-state index contributed by atoms with van der Waals surface area (Å²) in [7, 11) is 26.1. The predicted molar refractivity (Wildman–Crippen MR) is 715 cm³/mol. The SMILES string of the molecule is C.C.C.C.CC.CC.CC.CC.CC.CC.CC.CC.CC.CC.CC.CC.CC.CC.CC.CC.CC.CC.CCC.CCC.CCC.CCc1cccc(CC)c1N(C)C.CCc1cccc(CC)c1N(C)C.CCc1cccc(CC)c1N(C)C.CCc1ccccc1N(C)C.CCc1ccccc1N(C)C.CCc1ccccc1N(C)C.[CH3-].[CH3-].[CH3-].[CH3-].[CH3-].[CH3-].[CH3-].[CH3-].[I][Pd][I].[I][Pt][I].[Pd].[Pt+4]. The zero-order chi connectivity index (χ0) is 104. The van der Waals surface area contributed by atoms with Crippen molar-refractivity contribution in [2.45, 2.75) is 460 Å². The van der Waals surface area contributed by atoms with Crippen LogP contribution in [0.5, 0.6) is 0 Å². The maximum absolute atomic E-state index is 2.39. The minimum absolute atomic E-state index is 0. The van der Waals surface area contributed by atoms with Gasteiger partial charge >= 0.3 is 121 Å². The van der Waals surface area contributed by atoms with Gasteiger partial charge in [0.1, 0.15) is 0 Å². The second-order valence-electron chi connectivity index (χ2n) is 21.4. The number of nitrogens with zero attached hydrogens (tertiary/aromatic N) is 6. The molecule has 0 fully saturated rings. The summed E-state index contributed by atoms with van der Waals surface area (Å²) in [4.78, 5) is 13.1. The topological polar surface area (TPSA) is 19.4 Å². The Bertz CT molecular complexity index is 2180. The first kappa shape index (κ1) is 253. The summed E-state index contributed by atoms with van der Waals surface area (Å²) in [5, 5.41) is 0. The second kappa shape index (κ2) is 258. The van der Waals surface area contributed by atoms with Crippen molar-refractivity contribution in [3.05, 3.63) is 237 Å². The van der Waals surface area contributed by atoms with Crippen LogP contribution in [-0.2, 0) is 121 Å². The van der Waals surface area contributed by atoms with E-state index in [1.54, 1.807) is 0 Å². The largest absolute Gasteiger partial charge is 4.00 e. The van der Waals surface area contributed by atoms with Crippen LogP contribution in [-0.4, -0.2) is 84.6 Å². The van der Waals surface area contributed by atoms with Crippen molar-refractivity contribution < 1.29 is 63.4 Å². The van der Waals surface area contributed by atoms with Crippen LogP contribution in [0.4, 0.5) is 34.1 Å². The molecule has 0 spiro atoms. The molecule has 6 rings (SSSR count). The molecule has 0 aliphatic carbocycles. The molecule has 0 aliphatic rings. The van der Waals surface area contributed by atoms with Gasteiger partial charge in [-0.1, -0.05) is 511 Å². The van der Waals surface area contributed by atoms with Gasteiger partial charge in [0, 0.05) is 139 Å². The zero-order valence-electron chi connectivity index (χ0n) is 105. The summed E-state index contributed by atoms with van der Waals surface area (Å²) >= 11 is 9.95. The Kier molecular flexibility index (Phi) is 477. The van der Waals surface area contributed by atoms with Crippen LogP contribution < -0.4 is 29.4 Å². The number of hydrogen-bond donors (Lipinski definition) is 0. The second-order valence-corrected chi connectivity index (χ2v) is 50.0. The Morgan fingerprint density at radius 1 is 0.197 bits per heavy atom. The third-order valence-electron chi connectivity index (χ3n) is 12.8. The van der Waals surface area contributed by atoms with Gasteiger partial charge in [-0.3, -0.25) is 0 Å². The Labute approximate surface area is 974 Å². The fourth-order valence-electron chi connectivity index (χ4n) is 9.11. The number of hydrogen-bond acceptors (Lipinski definition) is 6. The maximum atomic E-state index is 2.39. The van der Waals surface area contributed by atoms with Crippen molar-refractivity contribution in [3.63, 3.8) is 0 Å². The van der Waals surface area contributed by atoms with E-state index in [1.165, 1.54) is 103 Å². The van der Waals surface area contributed by atoms with Crippen LogP contribution in [0.15, 0.2) is 127 Å². The zero-order valence-corrected chi connectivity index (χ0v) is 121. The Hall–Kier alpha value is -0.259. The fourth-order valence-corrected chi connectivity index (χ4v) is 9.11. The first-order valence-corrected chi connectivity index (χ1v) is 71.8. The first-order valence-electron chi connectivity index (χ1n) is 49.7. The summed E-state index contributed by atoms with van der Waals surface area (Å²) in [6.07, 6.45) is 13.7. The number of anilines is 6. The summed E-state index contributed by atoms with van der Waals surface area (Å²) in [5.41, 5.74) is 21.1. The molecule has 0 amide bonds. The van der Waals surface area contributed by atoms with Gasteiger partial charge in [-0.05, 0) is 126 Å². The van der Waals surface area contributed by atoms with Gasteiger partial charge in [0.25, 0.3) is 0 Å². The van der Waals surface area contributed by atoms with Gasteiger partial charge in [-0.25, -0.2) is 0 Å². The first-order chi connectivity index (χ1) is 59.4. The van der Waals surface area contributed by atoms with E-state index in [-0.39, 0.29) is 131 Å². The van der Waals surface area contributed by atoms with E-state index in [2.05, 4.69) is 423 Å². The van der Waals surface area contributed by atoms with E-state index < -0.39 is 0 Å². The molecule has 0 radical (unpaired) electrons. The molecule has 6 nitrogen and oxygen atoms in total. The molecular weight excluding hydrogens is 2670 g/mol. The van der Waals surface area contributed by atoms with Crippen molar-refractivity contribution in [3.8, 4) is 0 Å². The molecule has 0 N–H and O–H groups in total. The molecule has 0 atom stereocenters. The third kappa shape index (κ3) is 178. The summed E-state index contributed by atoms with van der Waals surface area (Å²) in [6, 6.07) is 45.3. The molecule has 0 aromatic heterocycles. The molecular formula is C123H274I4N6Pd2Pt2-4. The van der Waals surface area contributed by atoms with Crippen LogP contribution in [0.2, 0.25) is 0 Å². The average Bonchev–Trinajstić information content (AvgIpc) is 0.845. The van der Waals surface area contributed by atoms with E-state index in [4.69, 9.17) is 0 Å². The Balaban J connectivity index is -0.0000000224. The molecule has 14 heteroatoms. The Morgan fingerprint density at radius 2 is 0.277 bits per heavy atom. The smallest absolute Gasteiger partial charge is 0 e. The molecule has 0 saturated heterocycles. The Morgan fingerprint density at radius 3 is 0.343 bits per heavy atom. The summed E-state index contributed by atoms with van der Waals surface area (Å²) in [6.45, 7) is 105. The number of aryl methyl sites for hydroxylation is 9. The summed E-state index contributed by atoms with van der Waals surface area (Å²) in [5.74, 6) is 0. The molecule has 137 heavy (non-hydrogen) atoms. The van der Waals surface area contributed by atoms with Crippen LogP contribution >= 0.6 is 77.7 Å². The summed E-state index contributed by atoms with van der Waals surface area (Å²) < 4.78 is 0. The van der Waals surface area contributed by atoms with Gasteiger partial charge in [0.05, 0.1) is 0 Å². The van der Waals surface area contributed by atoms with Crippen LogP contribution in [0.25, 0.3) is 0 Å². The van der Waals surface area contributed by atoms with Gasteiger partial charge in [-0.15, -0.1) is 0 Å². The van der Waals surface area contributed by atoms with E-state index >= 15 is 0 Å². The van der Waals surface area contributed by atoms with Crippen molar-refractivity contribution in [2.75, 3.05) is 114 Å². The molecule has 6 aromatic carbocycles. The number of para-hydroxylation sites is 6. The molecule has 868 valence electrons. The van der Waals surface area contributed by atoms with Gasteiger partial charge in [0.15, 0.2) is 0 Å². The monoisotopic (exact) mass is 2950 g/mol. The van der Waals surface area contributed by atoms with Gasteiger partial charge in [0.2, 0.25) is 0 Å². The van der Waals surface area contributed by atoms with Gasteiger partial charge < -0.3 is 88.8 Å². The van der Waals surface area contributed by atoms with Crippen LogP contribution in [0.3, 0.4) is 0 Å². The molecule has 0 bridgehead atoms. The normalized spacial score (nSPS) is 6.74. The predicted octanol–water partition coefficient (Wildman–Crippen LogP) is 48.0. The van der Waals surface area contributed by atoms with Crippen molar-refractivity contribution >= 4 is 112 Å². The van der Waals surface area contributed by atoms with Crippen molar-refractivity contribution in [2.24, 2.45) is 0 Å². The van der Waals surface area contributed by atoms with Gasteiger partial charge in [-0.2, -0.15) is 0 Å². The quantitative estimate of drug-likeness (QED) is 0.0576. The molecule has 6 aromatic rings. The minimum Gasteiger partial charge on any atom is 0 e. The van der Waals surface area contributed by atoms with Crippen molar-refractivity contribution in [1.29, 1.82) is 0 Å². The van der Waals surface area contributed by atoms with Crippen LogP contribution in [0.1, 0.15) is 452 Å². The standard InChI is InChI=1S/3C12H19N.3C10H15N.3C3H8.18C2H6.4CH4.8CH3.4HI.2Pd.2Pt/c3*1-5-10-8-7-9-11(6-2)12(10)13(3)4;3*1-4-9-7-5-6-8-10(9)11(2)3;3*1-3-2;18*1-2;;;;;;;;;;;;;;;;;;;;/h3*7-9H,5-6H2,1-4H3;3*5-8H,4H2,1-3H3;3*3H2,1-2H3;18*1-2H3;4*1H4;8*1H3;4*1H;;;;/q;;;;;;;;;;;;;;;;;;;;;;;;;;;;;;;8*-1;;;;;;2*+2;+4/p-4. The number of rotatable bonds is 15. The van der Waals surface area contributed by atoms with E-state index in [1.807, 2.05) is 249 Å². The van der Waals surface area contributed by atoms with E-state index in [9.17, 15) is 0 Å². The average molecular weight is 2950 g/mol. The van der Waals surface area contributed by atoms with Crippen LogP contribution in [0, 0.1) is 59.4 Å². The van der Waals surface area contributed by atoms with E-state index in [0.717, 1.165) is 68.5 Å². The molecule has 0 saturated carbocycles. The van der Waals surface area contributed by atoms with E-state index in [0.29, 0.717) is 11.2 Å². The maximum Gasteiger partial charge on any atom is 4.00 e. The molecule has 0 heterocycles. The van der Waals surface area contributed by atoms with Crippen molar-refractivity contribution in [1.82, 2.24) is 0 Å². The fraction of sp³-hybridized carbons (Fsp3) is 0.642. The minimum atomic E-state index is 0. The number of halogens is 4. The molecule has 0 aliphatic heterocycles.